The smallest absolute Gasteiger partial charge is 0.348 e. The molecule has 1 amide bonds. The summed E-state index contributed by atoms with van der Waals surface area (Å²) in [6.45, 7) is 0. The van der Waals surface area contributed by atoms with Crippen molar-refractivity contribution in [1.29, 1.82) is 0 Å². The zero-order valence-electron chi connectivity index (χ0n) is 8.88. The predicted molar refractivity (Wildman–Crippen MR) is 68.5 cm³/mol. The Morgan fingerprint density at radius 2 is 2.17 bits per heavy atom. The Hall–Kier alpha value is -1.92. The number of pyridine rings is 1. The van der Waals surface area contributed by atoms with Crippen LogP contribution in [0.5, 0.6) is 0 Å². The van der Waals surface area contributed by atoms with E-state index in [-0.39, 0.29) is 15.7 Å². The number of nitrogens with one attached hydrogen (secondary N) is 1. The zero-order valence-corrected chi connectivity index (χ0v) is 10.5. The van der Waals surface area contributed by atoms with E-state index >= 15 is 0 Å². The number of aromatic carboxylic acids is 1. The predicted octanol–water partition coefficient (Wildman–Crippen LogP) is 2.75. The second-order valence-corrected chi connectivity index (χ2v) is 4.59. The van der Waals surface area contributed by atoms with E-state index in [2.05, 4.69) is 10.3 Å². The SMILES string of the molecule is O=C(Nc1ccsc1C(=O)O)c1ccnc(Cl)c1. The van der Waals surface area contributed by atoms with Crippen molar-refractivity contribution < 1.29 is 14.7 Å². The summed E-state index contributed by atoms with van der Waals surface area (Å²) in [6, 6.07) is 4.44. The van der Waals surface area contributed by atoms with E-state index in [0.717, 1.165) is 11.3 Å². The highest BCUT2D eigenvalue weighted by Gasteiger charge is 2.15. The monoisotopic (exact) mass is 282 g/mol. The lowest BCUT2D eigenvalue weighted by molar-refractivity contribution is 0.0703. The average molecular weight is 283 g/mol. The van der Waals surface area contributed by atoms with Crippen molar-refractivity contribution in [1.82, 2.24) is 4.98 Å². The molecule has 92 valence electrons. The van der Waals surface area contributed by atoms with Crippen LogP contribution in [-0.2, 0) is 0 Å². The van der Waals surface area contributed by atoms with Crippen LogP contribution in [0.1, 0.15) is 20.0 Å². The molecular weight excluding hydrogens is 276 g/mol. The third-order valence-corrected chi connectivity index (χ3v) is 3.21. The van der Waals surface area contributed by atoms with Gasteiger partial charge in [0.25, 0.3) is 5.91 Å². The Balaban J connectivity index is 2.21. The summed E-state index contributed by atoms with van der Waals surface area (Å²) in [5, 5.41) is 13.2. The first-order valence-corrected chi connectivity index (χ1v) is 6.07. The van der Waals surface area contributed by atoms with Crippen molar-refractivity contribution in [2.75, 3.05) is 5.32 Å². The molecule has 0 aromatic carbocycles. The van der Waals surface area contributed by atoms with Gasteiger partial charge in [0.05, 0.1) is 5.69 Å². The molecule has 5 nitrogen and oxygen atoms in total. The number of hydrogen-bond donors (Lipinski definition) is 2. The highest BCUT2D eigenvalue weighted by Crippen LogP contribution is 2.22. The number of hydrogen-bond acceptors (Lipinski definition) is 4. The summed E-state index contributed by atoms with van der Waals surface area (Å²) >= 11 is 6.71. The maximum Gasteiger partial charge on any atom is 0.348 e. The first-order chi connectivity index (χ1) is 8.58. The van der Waals surface area contributed by atoms with E-state index in [1.807, 2.05) is 0 Å². The summed E-state index contributed by atoms with van der Waals surface area (Å²) in [5.41, 5.74) is 0.586. The molecule has 18 heavy (non-hydrogen) atoms. The third-order valence-electron chi connectivity index (χ3n) is 2.10. The first kappa shape index (κ1) is 12.5. The fourth-order valence-electron chi connectivity index (χ4n) is 1.31. The number of rotatable bonds is 3. The average Bonchev–Trinajstić information content (AvgIpc) is 2.77. The molecule has 7 heteroatoms. The minimum atomic E-state index is -1.08. The van der Waals surface area contributed by atoms with Crippen LogP contribution in [0.15, 0.2) is 29.8 Å². The number of carboxylic acids is 1. The van der Waals surface area contributed by atoms with Gasteiger partial charge in [-0.25, -0.2) is 9.78 Å². The lowest BCUT2D eigenvalue weighted by Crippen LogP contribution is -2.13. The number of nitrogens with zero attached hydrogens (tertiary/aromatic N) is 1. The number of carboxylic acid groups (broad SMARTS) is 1. The maximum absolute atomic E-state index is 11.9. The molecule has 2 heterocycles. The Morgan fingerprint density at radius 3 is 2.83 bits per heavy atom. The minimum absolute atomic E-state index is 0.0866. The molecule has 2 aromatic rings. The number of aromatic nitrogens is 1. The van der Waals surface area contributed by atoms with Gasteiger partial charge in [0.1, 0.15) is 10.0 Å². The molecule has 0 atom stereocenters. The van der Waals surface area contributed by atoms with Gasteiger partial charge in [-0.05, 0) is 23.6 Å². The van der Waals surface area contributed by atoms with Crippen LogP contribution in [0.25, 0.3) is 0 Å². The molecule has 0 aliphatic heterocycles. The van der Waals surface area contributed by atoms with Gasteiger partial charge in [0.15, 0.2) is 0 Å². The Bertz CT molecular complexity index is 612. The zero-order chi connectivity index (χ0) is 13.1. The fourth-order valence-corrected chi connectivity index (χ4v) is 2.17. The van der Waals surface area contributed by atoms with Gasteiger partial charge < -0.3 is 10.4 Å². The molecule has 2 aromatic heterocycles. The molecule has 0 unspecified atom stereocenters. The Morgan fingerprint density at radius 1 is 1.39 bits per heavy atom. The highest BCUT2D eigenvalue weighted by atomic mass is 35.5. The van der Waals surface area contributed by atoms with Crippen LogP contribution in [0.2, 0.25) is 5.15 Å². The van der Waals surface area contributed by atoms with Gasteiger partial charge >= 0.3 is 5.97 Å². The fraction of sp³-hybridized carbons (Fsp3) is 0. The Kier molecular flexibility index (Phi) is 3.59. The normalized spacial score (nSPS) is 10.1. The van der Waals surface area contributed by atoms with E-state index in [0.29, 0.717) is 5.56 Å². The molecule has 0 spiro atoms. The van der Waals surface area contributed by atoms with E-state index < -0.39 is 11.9 Å². The standard InChI is InChI=1S/C11H7ClN2O3S/c12-8-5-6(1-3-13-8)10(15)14-7-2-4-18-9(7)11(16)17/h1-5H,(H,14,15)(H,16,17). The van der Waals surface area contributed by atoms with Crippen LogP contribution in [-0.4, -0.2) is 22.0 Å². The van der Waals surface area contributed by atoms with E-state index in [1.54, 1.807) is 5.38 Å². The van der Waals surface area contributed by atoms with Crippen LogP contribution in [0, 0.1) is 0 Å². The third kappa shape index (κ3) is 2.66. The molecule has 2 N–H and O–H groups in total. The van der Waals surface area contributed by atoms with Crippen molar-refractivity contribution in [3.63, 3.8) is 0 Å². The summed E-state index contributed by atoms with van der Waals surface area (Å²) in [5.74, 6) is -1.51. The van der Waals surface area contributed by atoms with Crippen molar-refractivity contribution >= 4 is 40.5 Å². The van der Waals surface area contributed by atoms with Gasteiger partial charge in [0, 0.05) is 11.8 Å². The molecule has 0 saturated carbocycles. The van der Waals surface area contributed by atoms with Crippen molar-refractivity contribution in [3.05, 3.63) is 45.4 Å². The van der Waals surface area contributed by atoms with Crippen LogP contribution >= 0.6 is 22.9 Å². The second kappa shape index (κ2) is 5.16. The number of thiophene rings is 1. The van der Waals surface area contributed by atoms with Crippen molar-refractivity contribution in [2.45, 2.75) is 0 Å². The number of carbonyl (C=O) groups excluding carboxylic acids is 1. The van der Waals surface area contributed by atoms with Crippen molar-refractivity contribution in [2.24, 2.45) is 0 Å². The topological polar surface area (TPSA) is 79.3 Å². The van der Waals surface area contributed by atoms with Gasteiger partial charge in [-0.3, -0.25) is 4.79 Å². The highest BCUT2D eigenvalue weighted by molar-refractivity contribution is 7.12. The summed E-state index contributed by atoms with van der Waals surface area (Å²) in [6.07, 6.45) is 1.41. The van der Waals surface area contributed by atoms with Gasteiger partial charge in [-0.1, -0.05) is 11.6 Å². The lowest BCUT2D eigenvalue weighted by atomic mass is 10.2. The molecule has 0 bridgehead atoms. The van der Waals surface area contributed by atoms with Crippen molar-refractivity contribution in [3.8, 4) is 0 Å². The number of halogens is 1. The quantitative estimate of drug-likeness (QED) is 0.849. The van der Waals surface area contributed by atoms with Gasteiger partial charge in [0.2, 0.25) is 0 Å². The lowest BCUT2D eigenvalue weighted by Gasteiger charge is -2.04. The maximum atomic E-state index is 11.9. The van der Waals surface area contributed by atoms with Crippen LogP contribution in [0.3, 0.4) is 0 Å². The molecule has 0 radical (unpaired) electrons. The number of amides is 1. The molecule has 0 aliphatic carbocycles. The summed E-state index contributed by atoms with van der Waals surface area (Å²) < 4.78 is 0. The van der Waals surface area contributed by atoms with Crippen LogP contribution in [0.4, 0.5) is 5.69 Å². The van der Waals surface area contributed by atoms with E-state index in [9.17, 15) is 9.59 Å². The van der Waals surface area contributed by atoms with Crippen LogP contribution < -0.4 is 5.32 Å². The minimum Gasteiger partial charge on any atom is -0.477 e. The molecule has 2 rings (SSSR count). The molecular formula is C11H7ClN2O3S. The molecule has 0 fully saturated rings. The molecule has 0 saturated heterocycles. The largest absolute Gasteiger partial charge is 0.477 e. The summed E-state index contributed by atoms with van der Waals surface area (Å²) in [4.78, 5) is 26.6. The van der Waals surface area contributed by atoms with Gasteiger partial charge in [-0.2, -0.15) is 0 Å². The number of carbonyl (C=O) groups is 2. The summed E-state index contributed by atoms with van der Waals surface area (Å²) in [7, 11) is 0. The van der Waals surface area contributed by atoms with E-state index in [1.165, 1.54) is 24.4 Å². The van der Waals surface area contributed by atoms with Gasteiger partial charge in [-0.15, -0.1) is 11.3 Å². The first-order valence-electron chi connectivity index (χ1n) is 4.81. The second-order valence-electron chi connectivity index (χ2n) is 3.29. The Labute approximate surface area is 111 Å². The number of anilines is 1. The molecule has 0 aliphatic rings. The van der Waals surface area contributed by atoms with E-state index in [4.69, 9.17) is 16.7 Å².